The van der Waals surface area contributed by atoms with Crippen LogP contribution in [0.2, 0.25) is 0 Å². The second-order valence-corrected chi connectivity index (χ2v) is 18.7. The maximum Gasteiger partial charge on any atom is 0.308 e. The Morgan fingerprint density at radius 3 is 2.11 bits per heavy atom. The first-order valence-corrected chi connectivity index (χ1v) is 22.7. The molecule has 3 fully saturated rings. The molecule has 4 rings (SSSR count). The first-order valence-electron chi connectivity index (χ1n) is 22.7. The fourth-order valence-electron chi connectivity index (χ4n) is 9.51. The molecule has 18 nitrogen and oxygen atoms in total. The lowest BCUT2D eigenvalue weighted by molar-refractivity contribution is -0.341. The molecule has 0 aliphatic carbocycles. The summed E-state index contributed by atoms with van der Waals surface area (Å²) in [5.41, 5.74) is -0.806. The average Bonchev–Trinajstić information content (AvgIpc) is 3.23. The van der Waals surface area contributed by atoms with Crippen LogP contribution in [0.3, 0.4) is 0 Å². The molecular weight excluding hydrogens is 838 g/mol. The molecule has 21 atom stereocenters. The SMILES string of the molecule is CCC1OC(=O)C[C@@H](O)[C@H](C)C(O[C@@H]2O[C@H](C)[C@@H](O[C@H]3C[C@@](C)(O)[C@@H](O)[C@H](C)O3)[C@H](N(C)C)[C@H]2O)[C@@H](CC=O)C[C@@H](C)C(=O)/C=C/C(C)=C\[C@@H]1CO[C@@H]1O[C@H](C)[C@@H](O)[C@@H](OC)[C@H]1OC. The Balaban J connectivity index is 1.62. The third kappa shape index (κ3) is 13.5. The van der Waals surface area contributed by atoms with E-state index in [1.807, 2.05) is 19.9 Å². The Labute approximate surface area is 378 Å². The molecule has 64 heavy (non-hydrogen) atoms. The summed E-state index contributed by atoms with van der Waals surface area (Å²) in [4.78, 5) is 41.5. The minimum atomic E-state index is -1.49. The zero-order chi connectivity index (χ0) is 47.8. The van der Waals surface area contributed by atoms with Gasteiger partial charge in [0.15, 0.2) is 24.7 Å². The molecule has 18 heteroatoms. The maximum atomic E-state index is 13.8. The number of hydrogen-bond acceptors (Lipinski definition) is 18. The fraction of sp³-hybridized carbons (Fsp3) is 0.848. The van der Waals surface area contributed by atoms with Gasteiger partial charge in [0.25, 0.3) is 0 Å². The molecule has 0 spiro atoms. The number of nitrogens with zero attached hydrogens (tertiary/aromatic N) is 1. The standard InChI is InChI=1S/C46H77NO17/c1-13-33-30(22-58-45-42(57-12)41(56-11)37(52)26(5)60-45)18-23(2)14-15-31(49)24(3)19-29(16-17-48)39(25(4)32(50)20-34(51)62-33)64-44-38(53)36(47(9)10)40(27(6)61-44)63-35-21-46(8,55)43(54)28(7)59-35/h14-15,17-18,24-30,32-33,35-45,50,52-55H,13,16,19-22H2,1-12H3/b15-14+,23-18-/t24-,25+,26-,27-,28+,29+,30-,32-,33?,35+,36-,37-,38-,39?,40-,41-,42-,43+,44+,45-,46-/m1/s1. The van der Waals surface area contributed by atoms with Crippen LogP contribution in [0.25, 0.3) is 0 Å². The van der Waals surface area contributed by atoms with E-state index in [4.69, 9.17) is 42.6 Å². The first kappa shape index (κ1) is 54.3. The molecular formula is C46H77NO17. The van der Waals surface area contributed by atoms with Crippen LogP contribution in [-0.2, 0) is 57.0 Å². The van der Waals surface area contributed by atoms with E-state index < -0.39 is 140 Å². The summed E-state index contributed by atoms with van der Waals surface area (Å²) in [6.45, 7) is 13.6. The van der Waals surface area contributed by atoms with Gasteiger partial charge in [0.2, 0.25) is 0 Å². The van der Waals surface area contributed by atoms with Crippen molar-refractivity contribution in [1.82, 2.24) is 4.90 Å². The zero-order valence-electron chi connectivity index (χ0n) is 39.7. The van der Waals surface area contributed by atoms with E-state index in [1.165, 1.54) is 27.2 Å². The van der Waals surface area contributed by atoms with Gasteiger partial charge in [-0.25, -0.2) is 0 Å². The number of carbonyl (C=O) groups excluding carboxylic acids is 3. The lowest BCUT2D eigenvalue weighted by Crippen LogP contribution is -2.65. The van der Waals surface area contributed by atoms with Crippen LogP contribution >= 0.6 is 0 Å². The number of hydrogen-bond donors (Lipinski definition) is 5. The summed E-state index contributed by atoms with van der Waals surface area (Å²) in [5, 5.41) is 55.8. The Morgan fingerprint density at radius 2 is 1.52 bits per heavy atom. The second-order valence-electron chi connectivity index (χ2n) is 18.7. The van der Waals surface area contributed by atoms with Crippen molar-refractivity contribution in [2.24, 2.45) is 23.7 Å². The van der Waals surface area contributed by atoms with Gasteiger partial charge in [-0.3, -0.25) is 9.59 Å². The van der Waals surface area contributed by atoms with Gasteiger partial charge in [-0.15, -0.1) is 0 Å². The molecule has 0 radical (unpaired) electrons. The topological polar surface area (TPSA) is 239 Å². The number of carbonyl (C=O) groups is 3. The van der Waals surface area contributed by atoms with E-state index in [-0.39, 0.29) is 31.7 Å². The van der Waals surface area contributed by atoms with Crippen LogP contribution in [0.1, 0.15) is 87.5 Å². The van der Waals surface area contributed by atoms with Gasteiger partial charge in [-0.05, 0) is 73.5 Å². The number of methoxy groups -OCH3 is 2. The molecule has 4 heterocycles. The zero-order valence-corrected chi connectivity index (χ0v) is 39.7. The van der Waals surface area contributed by atoms with E-state index >= 15 is 0 Å². The summed E-state index contributed by atoms with van der Waals surface area (Å²) >= 11 is 0. The van der Waals surface area contributed by atoms with E-state index in [0.717, 1.165) is 6.29 Å². The summed E-state index contributed by atoms with van der Waals surface area (Å²) in [6, 6.07) is -0.748. The smallest absolute Gasteiger partial charge is 0.308 e. The highest BCUT2D eigenvalue weighted by Gasteiger charge is 2.52. The molecule has 4 aliphatic heterocycles. The predicted octanol–water partition coefficient (Wildman–Crippen LogP) is 1.83. The Hall–Kier alpha value is -2.27. The number of aliphatic hydroxyl groups excluding tert-OH is 4. The van der Waals surface area contributed by atoms with Crippen LogP contribution < -0.4 is 0 Å². The predicted molar refractivity (Wildman–Crippen MR) is 230 cm³/mol. The minimum Gasteiger partial charge on any atom is -0.462 e. The van der Waals surface area contributed by atoms with Gasteiger partial charge in [-0.1, -0.05) is 38.5 Å². The van der Waals surface area contributed by atoms with Crippen molar-refractivity contribution >= 4 is 18.0 Å². The highest BCUT2D eigenvalue weighted by atomic mass is 16.7. The fourth-order valence-corrected chi connectivity index (χ4v) is 9.51. The van der Waals surface area contributed by atoms with Crippen molar-refractivity contribution in [3.63, 3.8) is 0 Å². The second kappa shape index (κ2) is 24.1. The molecule has 5 N–H and O–H groups in total. The third-order valence-electron chi connectivity index (χ3n) is 13.4. The lowest BCUT2D eigenvalue weighted by Gasteiger charge is -2.50. The summed E-state index contributed by atoms with van der Waals surface area (Å²) in [5.74, 6) is -3.59. The van der Waals surface area contributed by atoms with Crippen LogP contribution in [0, 0.1) is 23.7 Å². The number of cyclic esters (lactones) is 1. The van der Waals surface area contributed by atoms with Crippen molar-refractivity contribution in [3.05, 3.63) is 23.8 Å². The van der Waals surface area contributed by atoms with E-state index in [2.05, 4.69) is 0 Å². The van der Waals surface area contributed by atoms with Gasteiger partial charge >= 0.3 is 5.97 Å². The highest BCUT2D eigenvalue weighted by Crippen LogP contribution is 2.37. The van der Waals surface area contributed by atoms with Gasteiger partial charge in [0, 0.05) is 44.8 Å². The number of allylic oxidation sites excluding steroid dienone is 3. The Morgan fingerprint density at radius 1 is 0.859 bits per heavy atom. The monoisotopic (exact) mass is 916 g/mol. The molecule has 2 unspecified atom stereocenters. The number of aldehydes is 1. The third-order valence-corrected chi connectivity index (χ3v) is 13.4. The summed E-state index contributed by atoms with van der Waals surface area (Å²) in [7, 11) is 6.43. The van der Waals surface area contributed by atoms with Gasteiger partial charge in [-0.2, -0.15) is 0 Å². The summed E-state index contributed by atoms with van der Waals surface area (Å²) in [6.07, 6.45) is -8.49. The number of esters is 1. The van der Waals surface area contributed by atoms with Gasteiger partial charge < -0.3 is 77.9 Å². The molecule has 4 aliphatic rings. The van der Waals surface area contributed by atoms with E-state index in [0.29, 0.717) is 12.0 Å². The molecule has 3 saturated heterocycles. The number of ketones is 1. The van der Waals surface area contributed by atoms with Crippen molar-refractivity contribution in [2.75, 3.05) is 34.9 Å². The van der Waals surface area contributed by atoms with Crippen LogP contribution in [-0.4, -0.2) is 187 Å². The Kier molecular flexibility index (Phi) is 20.5. The van der Waals surface area contributed by atoms with Gasteiger partial charge in [0.05, 0.1) is 55.2 Å². The normalized spacial score (nSPS) is 45.9. The van der Waals surface area contributed by atoms with E-state index in [1.54, 1.807) is 59.7 Å². The number of ether oxygens (including phenoxy) is 9. The molecule has 0 aromatic rings. The summed E-state index contributed by atoms with van der Waals surface area (Å²) < 4.78 is 54.7. The molecule has 0 saturated carbocycles. The molecule has 0 aromatic heterocycles. The number of aliphatic hydroxyl groups is 5. The van der Waals surface area contributed by atoms with Crippen molar-refractivity contribution in [1.29, 1.82) is 0 Å². The Bertz CT molecular complexity index is 1560. The van der Waals surface area contributed by atoms with Crippen molar-refractivity contribution in [3.8, 4) is 0 Å². The highest BCUT2D eigenvalue weighted by molar-refractivity contribution is 5.91. The molecule has 368 valence electrons. The average molecular weight is 916 g/mol. The van der Waals surface area contributed by atoms with Crippen molar-refractivity contribution in [2.45, 2.75) is 191 Å². The molecule has 0 aromatic carbocycles. The van der Waals surface area contributed by atoms with Crippen LogP contribution in [0.15, 0.2) is 23.8 Å². The minimum absolute atomic E-state index is 0.00788. The maximum absolute atomic E-state index is 13.8. The molecule has 0 amide bonds. The van der Waals surface area contributed by atoms with Crippen LogP contribution in [0.5, 0.6) is 0 Å². The van der Waals surface area contributed by atoms with Gasteiger partial charge in [0.1, 0.15) is 49.0 Å². The first-order chi connectivity index (χ1) is 30.1. The largest absolute Gasteiger partial charge is 0.462 e. The van der Waals surface area contributed by atoms with Crippen molar-refractivity contribution < 1.29 is 82.5 Å². The number of likely N-dealkylation sites (N-methyl/N-ethyl adjacent to an activating group) is 1. The molecule has 0 bridgehead atoms. The van der Waals surface area contributed by atoms with Crippen LogP contribution in [0.4, 0.5) is 0 Å². The number of rotatable bonds is 13. The quantitative estimate of drug-likeness (QED) is 0.131. The van der Waals surface area contributed by atoms with E-state index in [9.17, 15) is 39.9 Å². The lowest BCUT2D eigenvalue weighted by atomic mass is 9.79.